The number of hydrogen-bond acceptors (Lipinski definition) is 6. The Morgan fingerprint density at radius 3 is 2.00 bits per heavy atom. The van der Waals surface area contributed by atoms with Crippen molar-refractivity contribution in [2.24, 2.45) is 5.11 Å². The Morgan fingerprint density at radius 1 is 0.786 bits per heavy atom. The van der Waals surface area contributed by atoms with Crippen LogP contribution in [0.2, 0.25) is 0 Å². The highest BCUT2D eigenvalue weighted by molar-refractivity contribution is 5.67. The van der Waals surface area contributed by atoms with Crippen molar-refractivity contribution in [2.45, 2.75) is 6.04 Å². The van der Waals surface area contributed by atoms with Crippen molar-refractivity contribution in [2.75, 3.05) is 0 Å². The third kappa shape index (κ3) is 3.61. The zero-order valence-corrected chi connectivity index (χ0v) is 14.9. The van der Waals surface area contributed by atoms with Crippen LogP contribution in [0.25, 0.3) is 22.5 Å². The molecule has 0 saturated heterocycles. The summed E-state index contributed by atoms with van der Waals surface area (Å²) in [6.45, 7) is 0. The monoisotopic (exact) mass is 367 g/mol. The molecule has 1 atom stereocenters. The van der Waals surface area contributed by atoms with Crippen LogP contribution in [0.15, 0.2) is 90.3 Å². The Balaban J connectivity index is 1.88. The summed E-state index contributed by atoms with van der Waals surface area (Å²) in [6.07, 6.45) is 3.43. The van der Waals surface area contributed by atoms with Gasteiger partial charge in [-0.1, -0.05) is 42.5 Å². The SMILES string of the molecule is N=NC(c1ccc(O)cc1)c1nc(-c2ccccc2)cc(-c2ccncc2)n1. The summed E-state index contributed by atoms with van der Waals surface area (Å²) in [5.74, 6) is 0.581. The summed E-state index contributed by atoms with van der Waals surface area (Å²) in [5.41, 5.74) is 11.8. The molecule has 4 aromatic rings. The molecule has 4 rings (SSSR count). The van der Waals surface area contributed by atoms with Gasteiger partial charge in [-0.05, 0) is 35.9 Å². The molecule has 28 heavy (non-hydrogen) atoms. The van der Waals surface area contributed by atoms with Crippen molar-refractivity contribution >= 4 is 0 Å². The number of aromatic nitrogens is 3. The molecule has 0 amide bonds. The van der Waals surface area contributed by atoms with Crippen LogP contribution in [0.3, 0.4) is 0 Å². The zero-order chi connectivity index (χ0) is 19.3. The molecule has 0 bridgehead atoms. The minimum Gasteiger partial charge on any atom is -0.508 e. The van der Waals surface area contributed by atoms with Gasteiger partial charge in [-0.15, -0.1) is 0 Å². The molecule has 136 valence electrons. The summed E-state index contributed by atoms with van der Waals surface area (Å²) in [6, 6.07) is 21.4. The van der Waals surface area contributed by atoms with Crippen molar-refractivity contribution in [1.82, 2.24) is 15.0 Å². The van der Waals surface area contributed by atoms with Gasteiger partial charge in [-0.3, -0.25) is 4.98 Å². The first-order valence-corrected chi connectivity index (χ1v) is 8.75. The topological polar surface area (TPSA) is 95.1 Å². The standard InChI is InChI=1S/C22H17N5O/c23-27-21(17-6-8-18(28)9-7-17)22-25-19(15-4-2-1-3-5-15)14-20(26-22)16-10-12-24-13-11-16/h1-14,21,23,28H. The van der Waals surface area contributed by atoms with Gasteiger partial charge in [-0.25, -0.2) is 15.5 Å². The molecule has 0 aliphatic rings. The number of nitrogens with one attached hydrogen (secondary N) is 1. The average Bonchev–Trinajstić information content (AvgIpc) is 2.77. The molecule has 0 radical (unpaired) electrons. The lowest BCUT2D eigenvalue weighted by molar-refractivity contribution is 0.475. The maximum Gasteiger partial charge on any atom is 0.160 e. The second-order valence-corrected chi connectivity index (χ2v) is 6.22. The molecule has 2 heterocycles. The van der Waals surface area contributed by atoms with Gasteiger partial charge in [0.15, 0.2) is 11.9 Å². The highest BCUT2D eigenvalue weighted by atomic mass is 16.3. The van der Waals surface area contributed by atoms with Crippen LogP contribution in [-0.4, -0.2) is 20.1 Å². The van der Waals surface area contributed by atoms with E-state index in [2.05, 4.69) is 15.1 Å². The maximum absolute atomic E-state index is 9.55. The number of nitrogens with zero attached hydrogens (tertiary/aromatic N) is 4. The lowest BCUT2D eigenvalue weighted by atomic mass is 10.0. The van der Waals surface area contributed by atoms with E-state index in [1.54, 1.807) is 36.7 Å². The molecule has 0 spiro atoms. The molecule has 6 nitrogen and oxygen atoms in total. The Bertz CT molecular complexity index is 1030. The van der Waals surface area contributed by atoms with Crippen LogP contribution in [0.5, 0.6) is 5.75 Å². The van der Waals surface area contributed by atoms with Gasteiger partial charge in [0.1, 0.15) is 5.75 Å². The molecule has 2 aromatic carbocycles. The van der Waals surface area contributed by atoms with E-state index >= 15 is 0 Å². The number of aromatic hydroxyl groups is 1. The molecule has 0 fully saturated rings. The number of phenols is 1. The normalized spacial score (nSPS) is 11.7. The largest absolute Gasteiger partial charge is 0.508 e. The molecule has 2 aromatic heterocycles. The summed E-state index contributed by atoms with van der Waals surface area (Å²) in [5, 5.41) is 13.3. The van der Waals surface area contributed by atoms with E-state index in [4.69, 9.17) is 10.5 Å². The first kappa shape index (κ1) is 17.5. The van der Waals surface area contributed by atoms with Gasteiger partial charge in [0.05, 0.1) is 11.4 Å². The first-order valence-electron chi connectivity index (χ1n) is 8.75. The summed E-state index contributed by atoms with van der Waals surface area (Å²) >= 11 is 0. The predicted octanol–water partition coefficient (Wildman–Crippen LogP) is 5.03. The smallest absolute Gasteiger partial charge is 0.160 e. The molecule has 0 aliphatic heterocycles. The predicted molar refractivity (Wildman–Crippen MR) is 106 cm³/mol. The van der Waals surface area contributed by atoms with Gasteiger partial charge in [-0.2, -0.15) is 5.11 Å². The second-order valence-electron chi connectivity index (χ2n) is 6.22. The van der Waals surface area contributed by atoms with Gasteiger partial charge >= 0.3 is 0 Å². The summed E-state index contributed by atoms with van der Waals surface area (Å²) in [4.78, 5) is 13.4. The fourth-order valence-corrected chi connectivity index (χ4v) is 2.95. The van der Waals surface area contributed by atoms with Gasteiger partial charge < -0.3 is 5.11 Å². The van der Waals surface area contributed by atoms with Crippen LogP contribution < -0.4 is 0 Å². The van der Waals surface area contributed by atoms with Crippen LogP contribution >= 0.6 is 0 Å². The molecule has 1 unspecified atom stereocenters. The number of phenolic OH excluding ortho intramolecular Hbond substituents is 1. The molecule has 0 saturated carbocycles. The second kappa shape index (κ2) is 7.75. The van der Waals surface area contributed by atoms with Crippen molar-refractivity contribution in [3.05, 3.63) is 96.6 Å². The third-order valence-corrected chi connectivity index (χ3v) is 4.37. The molecule has 6 heteroatoms. The number of pyridine rings is 1. The fraction of sp³-hybridized carbons (Fsp3) is 0.0455. The lowest BCUT2D eigenvalue weighted by Gasteiger charge is -2.14. The Kier molecular flexibility index (Phi) is 4.84. The van der Waals surface area contributed by atoms with Gasteiger partial charge in [0.2, 0.25) is 0 Å². The minimum atomic E-state index is -0.662. The van der Waals surface area contributed by atoms with Crippen molar-refractivity contribution in [3.8, 4) is 28.3 Å². The average molecular weight is 367 g/mol. The maximum atomic E-state index is 9.55. The molecular formula is C22H17N5O. The van der Waals surface area contributed by atoms with Crippen LogP contribution in [0.4, 0.5) is 0 Å². The quantitative estimate of drug-likeness (QED) is 0.484. The Hall–Kier alpha value is -3.93. The van der Waals surface area contributed by atoms with E-state index in [0.29, 0.717) is 5.82 Å². The summed E-state index contributed by atoms with van der Waals surface area (Å²) < 4.78 is 0. The van der Waals surface area contributed by atoms with Crippen molar-refractivity contribution in [1.29, 1.82) is 5.53 Å². The Labute approximate surface area is 162 Å². The van der Waals surface area contributed by atoms with E-state index in [9.17, 15) is 5.11 Å². The zero-order valence-electron chi connectivity index (χ0n) is 14.9. The van der Waals surface area contributed by atoms with Crippen LogP contribution in [0.1, 0.15) is 17.4 Å². The Morgan fingerprint density at radius 2 is 1.39 bits per heavy atom. The minimum absolute atomic E-state index is 0.156. The molecule has 2 N–H and O–H groups in total. The highest BCUT2D eigenvalue weighted by Crippen LogP contribution is 2.30. The lowest BCUT2D eigenvalue weighted by Crippen LogP contribution is -2.06. The van der Waals surface area contributed by atoms with Crippen LogP contribution in [0, 0.1) is 5.53 Å². The highest BCUT2D eigenvalue weighted by Gasteiger charge is 2.19. The molecule has 0 aliphatic carbocycles. The number of benzene rings is 2. The first-order chi connectivity index (χ1) is 13.7. The third-order valence-electron chi connectivity index (χ3n) is 4.37. The van der Waals surface area contributed by atoms with E-state index < -0.39 is 6.04 Å². The fourth-order valence-electron chi connectivity index (χ4n) is 2.95. The van der Waals surface area contributed by atoms with Gasteiger partial charge in [0, 0.05) is 23.5 Å². The van der Waals surface area contributed by atoms with Gasteiger partial charge in [0.25, 0.3) is 0 Å². The van der Waals surface area contributed by atoms with Crippen LogP contribution in [-0.2, 0) is 0 Å². The van der Waals surface area contributed by atoms with Crippen molar-refractivity contribution in [3.63, 3.8) is 0 Å². The number of hydrogen-bond donors (Lipinski definition) is 2. The van der Waals surface area contributed by atoms with E-state index in [1.165, 1.54) is 0 Å². The number of rotatable bonds is 5. The van der Waals surface area contributed by atoms with E-state index in [-0.39, 0.29) is 5.75 Å². The van der Waals surface area contributed by atoms with E-state index in [0.717, 1.165) is 28.1 Å². The molecular weight excluding hydrogens is 350 g/mol. The summed E-state index contributed by atoms with van der Waals surface area (Å²) in [7, 11) is 0. The van der Waals surface area contributed by atoms with Crippen molar-refractivity contribution < 1.29 is 5.11 Å². The van der Waals surface area contributed by atoms with E-state index in [1.807, 2.05) is 48.5 Å².